The molecular weight excluding hydrogens is 358 g/mol. The molecule has 1 aromatic carbocycles. The van der Waals surface area contributed by atoms with E-state index >= 15 is 0 Å². The van der Waals surface area contributed by atoms with Crippen molar-refractivity contribution >= 4 is 28.7 Å². The summed E-state index contributed by atoms with van der Waals surface area (Å²) in [5, 5.41) is 5.19. The van der Waals surface area contributed by atoms with Crippen LogP contribution in [-0.4, -0.2) is 53.0 Å². The van der Waals surface area contributed by atoms with E-state index < -0.39 is 0 Å². The van der Waals surface area contributed by atoms with Gasteiger partial charge in [0.1, 0.15) is 11.4 Å². The average Bonchev–Trinajstić information content (AvgIpc) is 2.72. The minimum atomic E-state index is 0.374. The maximum Gasteiger partial charge on any atom is 0.189 e. The molecule has 1 unspecified atom stereocenters. The number of thiocarbonyl (C=S) groups is 1. The zero-order chi connectivity index (χ0) is 18.6. The Morgan fingerprint density at radius 2 is 2.07 bits per heavy atom. The average molecular weight is 382 g/mol. The van der Waals surface area contributed by atoms with E-state index in [0.29, 0.717) is 17.8 Å². The van der Waals surface area contributed by atoms with Gasteiger partial charge in [-0.3, -0.25) is 10.4 Å². The normalized spacial score (nSPS) is 20.8. The number of ether oxygens (including phenoxy) is 1. The van der Waals surface area contributed by atoms with Gasteiger partial charge < -0.3 is 14.5 Å². The molecule has 0 spiro atoms. The van der Waals surface area contributed by atoms with Gasteiger partial charge in [0.05, 0.1) is 12.3 Å². The number of para-hydroxylation sites is 1. The molecule has 1 aromatic heterocycles. The van der Waals surface area contributed by atoms with Gasteiger partial charge in [0.2, 0.25) is 0 Å². The Bertz CT molecular complexity index is 841. The van der Waals surface area contributed by atoms with Crippen LogP contribution in [0.25, 0.3) is 0 Å². The van der Waals surface area contributed by atoms with Gasteiger partial charge in [-0.2, -0.15) is 5.10 Å². The summed E-state index contributed by atoms with van der Waals surface area (Å²) in [6, 6.07) is 14.7. The first-order valence-corrected chi connectivity index (χ1v) is 9.64. The van der Waals surface area contributed by atoms with E-state index in [1.807, 2.05) is 18.2 Å². The minimum absolute atomic E-state index is 0.374. The van der Waals surface area contributed by atoms with Gasteiger partial charge in [-0.1, -0.05) is 18.2 Å². The molecule has 140 valence electrons. The van der Waals surface area contributed by atoms with Gasteiger partial charge in [0.15, 0.2) is 5.11 Å². The lowest BCUT2D eigenvalue weighted by molar-refractivity contribution is 0.317. The smallest absolute Gasteiger partial charge is 0.189 e. The number of hydrogen-bond acceptors (Lipinski definition) is 5. The molecule has 27 heavy (non-hydrogen) atoms. The van der Waals surface area contributed by atoms with Crippen molar-refractivity contribution in [1.82, 2.24) is 15.3 Å². The molecule has 0 saturated carbocycles. The van der Waals surface area contributed by atoms with Gasteiger partial charge in [-0.15, -0.1) is 0 Å². The third kappa shape index (κ3) is 3.88. The molecule has 0 aliphatic carbocycles. The van der Waals surface area contributed by atoms with Crippen molar-refractivity contribution in [3.63, 3.8) is 0 Å². The molecule has 2 aromatic rings. The molecule has 1 fully saturated rings. The third-order valence-corrected chi connectivity index (χ3v) is 5.28. The maximum absolute atomic E-state index is 5.62. The van der Waals surface area contributed by atoms with Crippen molar-refractivity contribution < 1.29 is 4.74 Å². The van der Waals surface area contributed by atoms with Crippen molar-refractivity contribution in [3.8, 4) is 5.75 Å². The van der Waals surface area contributed by atoms with Crippen LogP contribution in [0.3, 0.4) is 0 Å². The van der Waals surface area contributed by atoms with E-state index in [-0.39, 0.29) is 0 Å². The highest BCUT2D eigenvalue weighted by Crippen LogP contribution is 2.22. The number of hydrogen-bond donors (Lipinski definition) is 1. The number of benzene rings is 1. The topological polar surface area (TPSA) is 53.0 Å². The highest BCUT2D eigenvalue weighted by atomic mass is 32.1. The summed E-state index contributed by atoms with van der Waals surface area (Å²) in [5.41, 5.74) is 6.00. The molecule has 2 aliphatic rings. The molecule has 6 nitrogen and oxygen atoms in total. The van der Waals surface area contributed by atoms with Crippen LogP contribution < -0.4 is 15.1 Å². The number of nitrogens with zero attached hydrogens (tertiary/aromatic N) is 4. The van der Waals surface area contributed by atoms with E-state index in [0.717, 1.165) is 43.2 Å². The Hall–Kier alpha value is -2.67. The molecule has 3 heterocycles. The van der Waals surface area contributed by atoms with Crippen LogP contribution >= 0.6 is 12.2 Å². The standard InChI is InChI=1S/C20H23N5OS/c1-15-14-24(11-12-25(15)16-6-3-2-4-7-16)20(27)23-22-17-9-13-26-18-8-5-10-21-19(17)18/h2-8,10,15H,9,11-14H2,1H3,(H,23,27)/b22-17-. The summed E-state index contributed by atoms with van der Waals surface area (Å²) < 4.78 is 5.62. The van der Waals surface area contributed by atoms with Crippen LogP contribution in [0, 0.1) is 0 Å². The lowest BCUT2D eigenvalue weighted by Crippen LogP contribution is -2.55. The first-order valence-electron chi connectivity index (χ1n) is 9.24. The number of nitrogens with one attached hydrogen (secondary N) is 1. The predicted octanol–water partition coefficient (Wildman–Crippen LogP) is 2.65. The van der Waals surface area contributed by atoms with Crippen LogP contribution in [0.2, 0.25) is 0 Å². The number of aromatic nitrogens is 1. The van der Waals surface area contributed by atoms with Gasteiger partial charge in [0, 0.05) is 44.0 Å². The molecule has 0 amide bonds. The second kappa shape index (κ2) is 7.92. The number of rotatable bonds is 2. The van der Waals surface area contributed by atoms with E-state index in [9.17, 15) is 0 Å². The van der Waals surface area contributed by atoms with Crippen LogP contribution in [-0.2, 0) is 0 Å². The van der Waals surface area contributed by atoms with Crippen LogP contribution in [0.15, 0.2) is 53.8 Å². The molecule has 1 atom stereocenters. The maximum atomic E-state index is 5.62. The second-order valence-electron chi connectivity index (χ2n) is 6.75. The third-order valence-electron chi connectivity index (χ3n) is 4.93. The minimum Gasteiger partial charge on any atom is -0.491 e. The zero-order valence-electron chi connectivity index (χ0n) is 15.3. The number of piperazine rings is 1. The van der Waals surface area contributed by atoms with Crippen LogP contribution in [0.4, 0.5) is 5.69 Å². The largest absolute Gasteiger partial charge is 0.491 e. The Labute approximate surface area is 164 Å². The Balaban J connectivity index is 1.39. The number of pyridine rings is 1. The van der Waals surface area contributed by atoms with Crippen LogP contribution in [0.1, 0.15) is 19.0 Å². The molecule has 2 aliphatic heterocycles. The fraction of sp³-hybridized carbons (Fsp3) is 0.350. The van der Waals surface area contributed by atoms with Crippen molar-refractivity contribution in [3.05, 3.63) is 54.4 Å². The number of hydrazone groups is 1. The van der Waals surface area contributed by atoms with E-state index in [1.54, 1.807) is 6.20 Å². The fourth-order valence-corrected chi connectivity index (χ4v) is 3.75. The lowest BCUT2D eigenvalue weighted by atomic mass is 10.1. The summed E-state index contributed by atoms with van der Waals surface area (Å²) in [6.45, 7) is 5.50. The fourth-order valence-electron chi connectivity index (χ4n) is 3.54. The van der Waals surface area contributed by atoms with E-state index in [4.69, 9.17) is 17.0 Å². The zero-order valence-corrected chi connectivity index (χ0v) is 16.2. The monoisotopic (exact) mass is 381 g/mol. The molecular formula is C20H23N5OS. The van der Waals surface area contributed by atoms with E-state index in [2.05, 4.69) is 56.5 Å². The molecule has 0 radical (unpaired) electrons. The number of anilines is 1. The molecule has 7 heteroatoms. The molecule has 1 saturated heterocycles. The summed E-state index contributed by atoms with van der Waals surface area (Å²) in [7, 11) is 0. The predicted molar refractivity (Wildman–Crippen MR) is 111 cm³/mol. The highest BCUT2D eigenvalue weighted by Gasteiger charge is 2.25. The van der Waals surface area contributed by atoms with Crippen molar-refractivity contribution in [2.45, 2.75) is 19.4 Å². The first-order chi connectivity index (χ1) is 13.2. The van der Waals surface area contributed by atoms with Gasteiger partial charge in [0.25, 0.3) is 0 Å². The molecule has 1 N–H and O–H groups in total. The first kappa shape index (κ1) is 17.7. The van der Waals surface area contributed by atoms with Crippen molar-refractivity contribution in [2.24, 2.45) is 5.10 Å². The van der Waals surface area contributed by atoms with E-state index in [1.165, 1.54) is 5.69 Å². The molecule has 4 rings (SSSR count). The Morgan fingerprint density at radius 3 is 2.89 bits per heavy atom. The van der Waals surface area contributed by atoms with Crippen molar-refractivity contribution in [2.75, 3.05) is 31.1 Å². The summed E-state index contributed by atoms with van der Waals surface area (Å²) in [4.78, 5) is 8.99. The Morgan fingerprint density at radius 1 is 1.22 bits per heavy atom. The summed E-state index contributed by atoms with van der Waals surface area (Å²) >= 11 is 5.59. The SMILES string of the molecule is CC1CN(C(=S)N/N=C2/CCOc3cccnc32)CCN1c1ccccc1. The second-order valence-corrected chi connectivity index (χ2v) is 7.13. The summed E-state index contributed by atoms with van der Waals surface area (Å²) in [5.74, 6) is 0.778. The number of fused-ring (bicyclic) bond motifs is 1. The van der Waals surface area contributed by atoms with Crippen molar-refractivity contribution in [1.29, 1.82) is 0 Å². The highest BCUT2D eigenvalue weighted by molar-refractivity contribution is 7.80. The quantitative estimate of drug-likeness (QED) is 0.638. The van der Waals surface area contributed by atoms with Crippen LogP contribution in [0.5, 0.6) is 5.75 Å². The Kier molecular flexibility index (Phi) is 5.20. The lowest BCUT2D eigenvalue weighted by Gasteiger charge is -2.42. The van der Waals surface area contributed by atoms with Gasteiger partial charge in [-0.05, 0) is 43.4 Å². The van der Waals surface area contributed by atoms with Gasteiger partial charge >= 0.3 is 0 Å². The van der Waals surface area contributed by atoms with Gasteiger partial charge in [-0.25, -0.2) is 0 Å². The molecule has 0 bridgehead atoms. The summed E-state index contributed by atoms with van der Waals surface area (Å²) in [6.07, 6.45) is 2.48.